The fraction of sp³-hybridized carbons (Fsp3) is 0. The molecular weight excluding hydrogens is 290 g/mol. The van der Waals surface area contributed by atoms with Crippen LogP contribution in [0, 0.1) is 0 Å². The fourth-order valence-electron chi connectivity index (χ4n) is 0. The summed E-state index contributed by atoms with van der Waals surface area (Å²) in [6.07, 6.45) is 0. The molecule has 0 bridgehead atoms. The molecular formula is H5CsLiMnO4P. The van der Waals surface area contributed by atoms with Crippen LogP contribution in [-0.2, 0) is 21.6 Å². The van der Waals surface area contributed by atoms with E-state index >= 15 is 0 Å². The van der Waals surface area contributed by atoms with E-state index in [1.165, 1.54) is 0 Å². The van der Waals surface area contributed by atoms with Gasteiger partial charge in [0.05, 0.1) is 0 Å². The molecule has 4 nitrogen and oxygen atoms in total. The van der Waals surface area contributed by atoms with Crippen molar-refractivity contribution < 1.29 is 127 Å². The van der Waals surface area contributed by atoms with Gasteiger partial charge in [0.1, 0.15) is 0 Å². The van der Waals surface area contributed by atoms with Crippen LogP contribution in [0.2, 0.25) is 0 Å². The standard InChI is InChI=1S/Cs.Li.Mn.H3O4P.2H/c;;;1-5(2,3)4;;/h;;;(H3,1,2,3,4);;/q2*+1;;;2*-1. The van der Waals surface area contributed by atoms with Gasteiger partial charge in [0.2, 0.25) is 0 Å². The molecule has 8 heavy (non-hydrogen) atoms. The second-order valence-corrected chi connectivity index (χ2v) is 1.54. The molecule has 0 saturated carbocycles. The quantitative estimate of drug-likeness (QED) is 0.307. The first-order chi connectivity index (χ1) is 2.00. The Kier molecular flexibility index (Phi) is 28.9. The van der Waals surface area contributed by atoms with E-state index in [-0.39, 0.29) is 108 Å². The number of hydrogen-bond donors (Lipinski definition) is 3. The van der Waals surface area contributed by atoms with Gasteiger partial charge >= 0.3 is 95.6 Å². The SMILES string of the molecule is O=P(O)(O)O.[Cs+].[H-].[H-].[Li+].[Mn]. The van der Waals surface area contributed by atoms with Gasteiger partial charge in [-0.3, -0.25) is 0 Å². The van der Waals surface area contributed by atoms with E-state index in [0.29, 0.717) is 0 Å². The van der Waals surface area contributed by atoms with Crippen LogP contribution in [-0.4, -0.2) is 14.7 Å². The summed E-state index contributed by atoms with van der Waals surface area (Å²) < 4.78 is 8.88. The van der Waals surface area contributed by atoms with Crippen molar-refractivity contribution in [1.29, 1.82) is 0 Å². The molecule has 0 aliphatic heterocycles. The molecule has 0 aromatic rings. The van der Waals surface area contributed by atoms with E-state index in [4.69, 9.17) is 19.2 Å². The molecule has 3 N–H and O–H groups in total. The summed E-state index contributed by atoms with van der Waals surface area (Å²) in [4.78, 5) is 21.6. The van der Waals surface area contributed by atoms with E-state index in [0.717, 1.165) is 0 Å². The summed E-state index contributed by atoms with van der Waals surface area (Å²) in [5, 5.41) is 0. The first-order valence-corrected chi connectivity index (χ1v) is 2.35. The fourth-order valence-corrected chi connectivity index (χ4v) is 0. The van der Waals surface area contributed by atoms with Gasteiger partial charge < -0.3 is 17.5 Å². The van der Waals surface area contributed by atoms with Gasteiger partial charge in [0.15, 0.2) is 0 Å². The Morgan fingerprint density at radius 2 is 1.25 bits per heavy atom. The molecule has 0 atom stereocenters. The molecule has 0 unspecified atom stereocenters. The zero-order chi connectivity index (χ0) is 4.50. The Morgan fingerprint density at radius 1 is 1.25 bits per heavy atom. The summed E-state index contributed by atoms with van der Waals surface area (Å²) in [6.45, 7) is 0. The molecule has 0 spiro atoms. The van der Waals surface area contributed by atoms with Crippen molar-refractivity contribution in [2.45, 2.75) is 0 Å². The van der Waals surface area contributed by atoms with E-state index in [1.807, 2.05) is 0 Å². The smallest absolute Gasteiger partial charge is 1.00 e. The van der Waals surface area contributed by atoms with Crippen molar-refractivity contribution in [1.82, 2.24) is 0 Å². The van der Waals surface area contributed by atoms with Gasteiger partial charge in [0, 0.05) is 17.1 Å². The van der Waals surface area contributed by atoms with Crippen LogP contribution in [0.25, 0.3) is 0 Å². The van der Waals surface area contributed by atoms with Crippen LogP contribution in [0.3, 0.4) is 0 Å². The maximum absolute atomic E-state index is 8.88. The van der Waals surface area contributed by atoms with Crippen molar-refractivity contribution in [3.05, 3.63) is 0 Å². The maximum atomic E-state index is 8.88. The summed E-state index contributed by atoms with van der Waals surface area (Å²) in [5.41, 5.74) is 0. The molecule has 0 amide bonds. The summed E-state index contributed by atoms with van der Waals surface area (Å²) in [5.74, 6) is 0. The summed E-state index contributed by atoms with van der Waals surface area (Å²) >= 11 is 0. The number of rotatable bonds is 0. The minimum Gasteiger partial charge on any atom is -1.00 e. The van der Waals surface area contributed by atoms with Crippen LogP contribution in [0.5, 0.6) is 0 Å². The van der Waals surface area contributed by atoms with Gasteiger partial charge in [-0.25, -0.2) is 4.57 Å². The molecule has 8 heteroatoms. The van der Waals surface area contributed by atoms with Gasteiger partial charge in [-0.2, -0.15) is 0 Å². The van der Waals surface area contributed by atoms with Crippen LogP contribution >= 0.6 is 7.82 Å². The molecule has 1 radical (unpaired) electrons. The maximum Gasteiger partial charge on any atom is 1.00 e. The van der Waals surface area contributed by atoms with Gasteiger partial charge in [0.25, 0.3) is 0 Å². The average Bonchev–Trinajstić information content (AvgIpc) is 0.722. The monoisotopic (exact) mass is 295 g/mol. The number of hydrogen-bond acceptors (Lipinski definition) is 1. The third-order valence-corrected chi connectivity index (χ3v) is 0. The van der Waals surface area contributed by atoms with E-state index < -0.39 is 7.82 Å². The van der Waals surface area contributed by atoms with Crippen molar-refractivity contribution in [2.24, 2.45) is 0 Å². The van der Waals surface area contributed by atoms with Crippen molar-refractivity contribution in [2.75, 3.05) is 0 Å². The summed E-state index contributed by atoms with van der Waals surface area (Å²) in [7, 11) is -4.64. The van der Waals surface area contributed by atoms with Crippen LogP contribution < -0.4 is 87.8 Å². The zero-order valence-electron chi connectivity index (χ0n) is 6.58. The van der Waals surface area contributed by atoms with Crippen molar-refractivity contribution in [3.63, 3.8) is 0 Å². The Morgan fingerprint density at radius 3 is 1.25 bits per heavy atom. The molecule has 0 rings (SSSR count). The first-order valence-electron chi connectivity index (χ1n) is 0.783. The van der Waals surface area contributed by atoms with E-state index in [2.05, 4.69) is 0 Å². The van der Waals surface area contributed by atoms with Crippen LogP contribution in [0.15, 0.2) is 0 Å². The third-order valence-electron chi connectivity index (χ3n) is 0. The normalized spacial score (nSPS) is 7.38. The predicted octanol–water partition coefficient (Wildman–Crippen LogP) is -6.70. The van der Waals surface area contributed by atoms with Crippen LogP contribution in [0.1, 0.15) is 2.85 Å². The second kappa shape index (κ2) is 10.3. The minimum atomic E-state index is -4.64. The second-order valence-electron chi connectivity index (χ2n) is 0.513. The van der Waals surface area contributed by atoms with Gasteiger partial charge in [-0.15, -0.1) is 0 Å². The van der Waals surface area contributed by atoms with Crippen molar-refractivity contribution in [3.8, 4) is 0 Å². The Balaban J connectivity index is -0.00000000800. The minimum absolute atomic E-state index is 0. The Hall–Kier alpha value is 3.28. The van der Waals surface area contributed by atoms with Crippen molar-refractivity contribution >= 4 is 7.82 Å². The van der Waals surface area contributed by atoms with E-state index in [9.17, 15) is 0 Å². The third kappa shape index (κ3) is 59.2. The number of phosphoric acid groups is 1. The van der Waals surface area contributed by atoms with Gasteiger partial charge in [-0.1, -0.05) is 0 Å². The largest absolute Gasteiger partial charge is 1.00 e. The molecule has 0 fully saturated rings. The molecule has 0 heterocycles. The molecule has 0 aliphatic rings. The molecule has 0 aromatic heterocycles. The molecule has 43 valence electrons. The van der Waals surface area contributed by atoms with Gasteiger partial charge in [-0.05, 0) is 0 Å². The Bertz CT molecular complexity index is 69.4. The summed E-state index contributed by atoms with van der Waals surface area (Å²) in [6, 6.07) is 0. The Labute approximate surface area is 131 Å². The average molecular weight is 295 g/mol. The zero-order valence-corrected chi connectivity index (χ0v) is 12.9. The molecule has 0 aromatic carbocycles. The van der Waals surface area contributed by atoms with Crippen LogP contribution in [0.4, 0.5) is 0 Å². The first kappa shape index (κ1) is 22.5. The van der Waals surface area contributed by atoms with E-state index in [1.54, 1.807) is 0 Å². The topological polar surface area (TPSA) is 77.8 Å². The predicted molar refractivity (Wildman–Crippen MR) is 16.5 cm³/mol. The molecule has 0 aliphatic carbocycles. The molecule has 0 saturated heterocycles.